The highest BCUT2D eigenvalue weighted by molar-refractivity contribution is 7.80. The summed E-state index contributed by atoms with van der Waals surface area (Å²) < 4.78 is 31.8. The number of hydrogen-bond acceptors (Lipinski definition) is 6. The molecule has 7 heteroatoms. The molecule has 0 unspecified atom stereocenters. The molecule has 0 N–H and O–H groups in total. The molecule has 0 aliphatic rings. The van der Waals surface area contributed by atoms with Crippen LogP contribution in [0.2, 0.25) is 0 Å². The first-order chi connectivity index (χ1) is 18.5. The van der Waals surface area contributed by atoms with Gasteiger partial charge in [0.2, 0.25) is 0 Å². The third-order valence-corrected chi connectivity index (χ3v) is 6.58. The van der Waals surface area contributed by atoms with E-state index in [0.717, 1.165) is 10.8 Å². The molecular formula is C31H24FNO4S. The number of fused-ring (bicyclic) bond motifs is 2. The van der Waals surface area contributed by atoms with E-state index < -0.39 is 5.82 Å². The first-order valence-electron chi connectivity index (χ1n) is 12.0. The van der Waals surface area contributed by atoms with Crippen LogP contribution in [0.15, 0.2) is 85.1 Å². The van der Waals surface area contributed by atoms with Crippen molar-refractivity contribution in [2.75, 3.05) is 14.2 Å². The zero-order valence-electron chi connectivity index (χ0n) is 20.9. The summed E-state index contributed by atoms with van der Waals surface area (Å²) >= 11 is 5.48. The summed E-state index contributed by atoms with van der Waals surface area (Å²) in [4.78, 5) is 17.8. The normalized spacial score (nSPS) is 10.9. The van der Waals surface area contributed by atoms with E-state index in [1.54, 1.807) is 56.8 Å². The molecule has 0 bridgehead atoms. The number of ketones is 1. The van der Waals surface area contributed by atoms with E-state index in [2.05, 4.69) is 4.98 Å². The SMILES string of the molecule is COc1cc2nccc(Oc3ccc(CC(=S)CC(=O)c4cccc5ccccc45)c(F)c3)c2cc1OC. The van der Waals surface area contributed by atoms with Crippen LogP contribution < -0.4 is 14.2 Å². The number of ether oxygens (including phenoxy) is 3. The van der Waals surface area contributed by atoms with Crippen molar-refractivity contribution < 1.29 is 23.4 Å². The number of rotatable bonds is 9. The van der Waals surface area contributed by atoms with Crippen LogP contribution >= 0.6 is 12.2 Å². The highest BCUT2D eigenvalue weighted by Gasteiger charge is 2.16. The molecular weight excluding hydrogens is 501 g/mol. The van der Waals surface area contributed by atoms with E-state index in [0.29, 0.717) is 49.9 Å². The second-order valence-electron chi connectivity index (χ2n) is 8.73. The molecule has 0 saturated heterocycles. The van der Waals surface area contributed by atoms with E-state index in [-0.39, 0.29) is 18.6 Å². The fraction of sp³-hybridized carbons (Fsp3) is 0.129. The molecule has 0 saturated carbocycles. The van der Waals surface area contributed by atoms with Crippen LogP contribution in [0.5, 0.6) is 23.0 Å². The van der Waals surface area contributed by atoms with Crippen molar-refractivity contribution in [2.24, 2.45) is 0 Å². The maximum absolute atomic E-state index is 15.0. The van der Waals surface area contributed by atoms with E-state index in [1.807, 2.05) is 36.4 Å². The van der Waals surface area contributed by atoms with Crippen LogP contribution in [0.1, 0.15) is 22.3 Å². The lowest BCUT2D eigenvalue weighted by molar-refractivity contribution is 0.100. The average Bonchev–Trinajstić information content (AvgIpc) is 2.93. The number of aromatic nitrogens is 1. The number of Topliss-reactive ketones (excluding diaryl/α,β-unsaturated/α-hetero) is 1. The Morgan fingerprint density at radius 2 is 1.63 bits per heavy atom. The van der Waals surface area contributed by atoms with Gasteiger partial charge in [0.05, 0.1) is 19.7 Å². The molecule has 0 aliphatic heterocycles. The van der Waals surface area contributed by atoms with Crippen molar-refractivity contribution in [1.82, 2.24) is 4.98 Å². The topological polar surface area (TPSA) is 57.7 Å². The zero-order valence-corrected chi connectivity index (χ0v) is 21.7. The number of hydrogen-bond donors (Lipinski definition) is 0. The van der Waals surface area contributed by atoms with E-state index in [4.69, 9.17) is 26.4 Å². The molecule has 5 aromatic rings. The highest BCUT2D eigenvalue weighted by Crippen LogP contribution is 2.37. The average molecular weight is 526 g/mol. The molecule has 0 atom stereocenters. The predicted molar refractivity (Wildman–Crippen MR) is 151 cm³/mol. The Morgan fingerprint density at radius 3 is 2.42 bits per heavy atom. The number of pyridine rings is 1. The molecule has 4 aromatic carbocycles. The van der Waals surface area contributed by atoms with Crippen LogP contribution in [-0.4, -0.2) is 29.9 Å². The van der Waals surface area contributed by atoms with E-state index >= 15 is 4.39 Å². The second kappa shape index (κ2) is 10.9. The standard InChI is InChI=1S/C31H24FNO4S/c1-35-30-17-25-27(18-31(30)36-2)33-13-12-29(25)37-21-11-10-20(26(32)15-21)14-22(38)16-28(34)24-9-5-7-19-6-3-4-8-23(19)24/h3-13,15,17-18H,14,16H2,1-2H3. The van der Waals surface area contributed by atoms with Crippen molar-refractivity contribution in [3.05, 3.63) is 102 Å². The first-order valence-corrected chi connectivity index (χ1v) is 12.4. The minimum Gasteiger partial charge on any atom is -0.493 e. The third kappa shape index (κ3) is 5.19. The molecule has 38 heavy (non-hydrogen) atoms. The Hall–Kier alpha value is -4.36. The van der Waals surface area contributed by atoms with Crippen molar-refractivity contribution in [3.63, 3.8) is 0 Å². The fourth-order valence-electron chi connectivity index (χ4n) is 4.42. The summed E-state index contributed by atoms with van der Waals surface area (Å²) in [6.45, 7) is 0. The molecule has 5 nitrogen and oxygen atoms in total. The van der Waals surface area contributed by atoms with Gasteiger partial charge in [-0.25, -0.2) is 4.39 Å². The fourth-order valence-corrected chi connectivity index (χ4v) is 4.70. The largest absolute Gasteiger partial charge is 0.493 e. The monoisotopic (exact) mass is 525 g/mol. The van der Waals surface area contributed by atoms with Gasteiger partial charge in [-0.2, -0.15) is 0 Å². The summed E-state index contributed by atoms with van der Waals surface area (Å²) in [6.07, 6.45) is 1.85. The van der Waals surface area contributed by atoms with Gasteiger partial charge in [0, 0.05) is 47.0 Å². The quantitative estimate of drug-likeness (QED) is 0.147. The number of methoxy groups -OCH3 is 2. The molecule has 0 spiro atoms. The number of benzene rings is 4. The van der Waals surface area contributed by atoms with Crippen molar-refractivity contribution in [2.45, 2.75) is 12.8 Å². The smallest absolute Gasteiger partial charge is 0.168 e. The van der Waals surface area contributed by atoms with Gasteiger partial charge in [0.15, 0.2) is 17.3 Å². The molecule has 190 valence electrons. The Bertz CT molecular complexity index is 1680. The molecule has 0 amide bonds. The van der Waals surface area contributed by atoms with Crippen LogP contribution in [-0.2, 0) is 6.42 Å². The van der Waals surface area contributed by atoms with Gasteiger partial charge in [-0.1, -0.05) is 60.7 Å². The Morgan fingerprint density at radius 1 is 0.868 bits per heavy atom. The van der Waals surface area contributed by atoms with Crippen LogP contribution in [0.4, 0.5) is 4.39 Å². The number of carbonyl (C=O) groups excluding carboxylic acids is 1. The number of thiocarbonyl (C=S) groups is 1. The predicted octanol–water partition coefficient (Wildman–Crippen LogP) is 7.52. The molecule has 1 heterocycles. The van der Waals surface area contributed by atoms with Gasteiger partial charge in [0.1, 0.15) is 17.3 Å². The van der Waals surface area contributed by atoms with Crippen LogP contribution in [0.3, 0.4) is 0 Å². The number of halogens is 1. The maximum atomic E-state index is 15.0. The minimum absolute atomic E-state index is 0.0648. The Balaban J connectivity index is 1.31. The molecule has 1 aromatic heterocycles. The zero-order chi connectivity index (χ0) is 26.6. The first kappa shape index (κ1) is 25.3. The Labute approximate surface area is 224 Å². The summed E-state index contributed by atoms with van der Waals surface area (Å²) in [5.41, 5.74) is 1.67. The minimum atomic E-state index is -0.458. The lowest BCUT2D eigenvalue weighted by atomic mass is 9.97. The lowest BCUT2D eigenvalue weighted by Crippen LogP contribution is -2.10. The third-order valence-electron chi connectivity index (χ3n) is 6.29. The highest BCUT2D eigenvalue weighted by atomic mass is 32.1. The van der Waals surface area contributed by atoms with Gasteiger partial charge >= 0.3 is 0 Å². The molecule has 0 fully saturated rings. The van der Waals surface area contributed by atoms with E-state index in [9.17, 15) is 4.79 Å². The van der Waals surface area contributed by atoms with Gasteiger partial charge in [-0.05, 0) is 34.5 Å². The van der Waals surface area contributed by atoms with Crippen LogP contribution in [0.25, 0.3) is 21.7 Å². The van der Waals surface area contributed by atoms with Gasteiger partial charge in [0.25, 0.3) is 0 Å². The van der Waals surface area contributed by atoms with Gasteiger partial charge < -0.3 is 14.2 Å². The summed E-state index contributed by atoms with van der Waals surface area (Å²) in [6, 6.07) is 23.2. The molecule has 0 aliphatic carbocycles. The molecule has 5 rings (SSSR count). The van der Waals surface area contributed by atoms with Crippen LogP contribution in [0, 0.1) is 5.82 Å². The number of carbonyl (C=O) groups is 1. The maximum Gasteiger partial charge on any atom is 0.168 e. The van der Waals surface area contributed by atoms with Gasteiger partial charge in [-0.3, -0.25) is 9.78 Å². The second-order valence-corrected chi connectivity index (χ2v) is 9.31. The van der Waals surface area contributed by atoms with E-state index in [1.165, 1.54) is 6.07 Å². The summed E-state index contributed by atoms with van der Waals surface area (Å²) in [7, 11) is 3.11. The van der Waals surface area contributed by atoms with Gasteiger partial charge in [-0.15, -0.1) is 0 Å². The summed E-state index contributed by atoms with van der Waals surface area (Å²) in [5, 5.41) is 2.57. The Kier molecular flexibility index (Phi) is 7.29. The summed E-state index contributed by atoms with van der Waals surface area (Å²) in [5.74, 6) is 1.37. The molecule has 0 radical (unpaired) electrons. The van der Waals surface area contributed by atoms with Crippen molar-refractivity contribution in [3.8, 4) is 23.0 Å². The lowest BCUT2D eigenvalue weighted by Gasteiger charge is -2.13. The number of nitrogens with zero attached hydrogens (tertiary/aromatic N) is 1. The van der Waals surface area contributed by atoms with Crippen molar-refractivity contribution >= 4 is 44.5 Å². The van der Waals surface area contributed by atoms with Crippen molar-refractivity contribution in [1.29, 1.82) is 0 Å².